The molecular formula is C12H16F3N3O. The van der Waals surface area contributed by atoms with E-state index in [1.807, 2.05) is 4.90 Å². The van der Waals surface area contributed by atoms with Gasteiger partial charge in [-0.05, 0) is 6.07 Å². The summed E-state index contributed by atoms with van der Waals surface area (Å²) < 4.78 is 37.9. The normalized spacial score (nSPS) is 18.4. The van der Waals surface area contributed by atoms with Gasteiger partial charge in [0.1, 0.15) is 11.8 Å². The molecule has 0 aromatic heterocycles. The van der Waals surface area contributed by atoms with Gasteiger partial charge in [-0.15, -0.1) is 0 Å². The highest BCUT2D eigenvalue weighted by atomic mass is 19.4. The van der Waals surface area contributed by atoms with Crippen molar-refractivity contribution in [1.29, 1.82) is 0 Å². The van der Waals surface area contributed by atoms with Crippen LogP contribution >= 0.6 is 0 Å². The van der Waals surface area contributed by atoms with E-state index in [9.17, 15) is 18.3 Å². The Morgan fingerprint density at radius 3 is 2.47 bits per heavy atom. The maximum Gasteiger partial charge on any atom is 0.407 e. The van der Waals surface area contributed by atoms with Crippen molar-refractivity contribution in [3.05, 3.63) is 23.8 Å². The van der Waals surface area contributed by atoms with Crippen molar-refractivity contribution >= 4 is 5.69 Å². The first-order chi connectivity index (χ1) is 8.91. The molecule has 1 saturated heterocycles. The quantitative estimate of drug-likeness (QED) is 0.763. The number of anilines is 1. The third-order valence-electron chi connectivity index (χ3n) is 3.19. The lowest BCUT2D eigenvalue weighted by Gasteiger charge is -2.31. The predicted molar refractivity (Wildman–Crippen MR) is 66.2 cm³/mol. The average Bonchev–Trinajstić information content (AvgIpc) is 2.38. The molecule has 106 valence electrons. The number of alkyl halides is 3. The smallest absolute Gasteiger partial charge is 0.407 e. The van der Waals surface area contributed by atoms with E-state index in [4.69, 9.17) is 5.73 Å². The number of nitrogens with one attached hydrogen (secondary N) is 1. The molecule has 0 radical (unpaired) electrons. The van der Waals surface area contributed by atoms with Crippen LogP contribution in [0.1, 0.15) is 11.6 Å². The van der Waals surface area contributed by atoms with Gasteiger partial charge < -0.3 is 21.1 Å². The van der Waals surface area contributed by atoms with Crippen LogP contribution in [0.25, 0.3) is 0 Å². The second-order valence-corrected chi connectivity index (χ2v) is 4.47. The molecule has 1 aromatic rings. The molecule has 1 aliphatic rings. The molecule has 0 aliphatic carbocycles. The number of benzene rings is 1. The molecule has 1 heterocycles. The highest BCUT2D eigenvalue weighted by Gasteiger charge is 2.39. The van der Waals surface area contributed by atoms with Gasteiger partial charge in [-0.2, -0.15) is 13.2 Å². The van der Waals surface area contributed by atoms with Gasteiger partial charge in [-0.3, -0.25) is 0 Å². The molecule has 4 nitrogen and oxygen atoms in total. The van der Waals surface area contributed by atoms with Crippen molar-refractivity contribution in [1.82, 2.24) is 5.32 Å². The minimum atomic E-state index is -4.57. The van der Waals surface area contributed by atoms with Crippen LogP contribution in [0.2, 0.25) is 0 Å². The number of halogens is 3. The number of aromatic hydroxyl groups is 1. The van der Waals surface area contributed by atoms with E-state index in [0.29, 0.717) is 18.8 Å². The molecule has 0 unspecified atom stereocenters. The Morgan fingerprint density at radius 1 is 1.26 bits per heavy atom. The molecule has 0 amide bonds. The van der Waals surface area contributed by atoms with Gasteiger partial charge in [-0.25, -0.2) is 0 Å². The Labute approximate surface area is 109 Å². The van der Waals surface area contributed by atoms with Gasteiger partial charge in [0.05, 0.1) is 5.69 Å². The van der Waals surface area contributed by atoms with Crippen LogP contribution < -0.4 is 16.0 Å². The van der Waals surface area contributed by atoms with E-state index in [2.05, 4.69) is 5.32 Å². The lowest BCUT2D eigenvalue weighted by atomic mass is 10.0. The predicted octanol–water partition coefficient (Wildman–Crippen LogP) is 1.36. The lowest BCUT2D eigenvalue weighted by Crippen LogP contribution is -2.43. The first-order valence-electron chi connectivity index (χ1n) is 6.01. The molecule has 0 saturated carbocycles. The van der Waals surface area contributed by atoms with Gasteiger partial charge >= 0.3 is 6.18 Å². The molecule has 1 aromatic carbocycles. The molecule has 7 heteroatoms. The number of hydrogen-bond donors (Lipinski definition) is 3. The first kappa shape index (κ1) is 14.0. The van der Waals surface area contributed by atoms with Crippen LogP contribution in [0.15, 0.2) is 18.2 Å². The number of nitrogens with zero attached hydrogens (tertiary/aromatic N) is 1. The van der Waals surface area contributed by atoms with Crippen LogP contribution in [-0.2, 0) is 0 Å². The molecule has 4 N–H and O–H groups in total. The maximum absolute atomic E-state index is 12.6. The molecule has 0 bridgehead atoms. The van der Waals surface area contributed by atoms with E-state index in [1.54, 1.807) is 6.07 Å². The summed E-state index contributed by atoms with van der Waals surface area (Å²) in [6, 6.07) is 2.13. The number of nitrogens with two attached hydrogens (primary N) is 1. The summed E-state index contributed by atoms with van der Waals surface area (Å²) >= 11 is 0. The summed E-state index contributed by atoms with van der Waals surface area (Å²) in [6.45, 7) is 2.74. The minimum Gasteiger partial charge on any atom is -0.505 e. The van der Waals surface area contributed by atoms with Crippen LogP contribution in [0, 0.1) is 0 Å². The zero-order valence-electron chi connectivity index (χ0n) is 10.2. The first-order valence-corrected chi connectivity index (χ1v) is 6.01. The summed E-state index contributed by atoms with van der Waals surface area (Å²) in [4.78, 5) is 1.85. The zero-order chi connectivity index (χ0) is 14.0. The second kappa shape index (κ2) is 5.26. The van der Waals surface area contributed by atoms with Crippen molar-refractivity contribution in [2.75, 3.05) is 31.1 Å². The Morgan fingerprint density at radius 2 is 1.89 bits per heavy atom. The van der Waals surface area contributed by atoms with E-state index in [0.717, 1.165) is 13.1 Å². The molecule has 1 fully saturated rings. The van der Waals surface area contributed by atoms with Gasteiger partial charge in [-0.1, -0.05) is 12.1 Å². The highest BCUT2D eigenvalue weighted by Crippen LogP contribution is 2.39. The fourth-order valence-corrected chi connectivity index (χ4v) is 2.14. The van der Waals surface area contributed by atoms with Crippen LogP contribution in [0.4, 0.5) is 18.9 Å². The third kappa shape index (κ3) is 2.93. The lowest BCUT2D eigenvalue weighted by molar-refractivity contribution is -0.149. The van der Waals surface area contributed by atoms with Gasteiger partial charge in [0.25, 0.3) is 0 Å². The van der Waals surface area contributed by atoms with E-state index < -0.39 is 12.2 Å². The van der Waals surface area contributed by atoms with Crippen LogP contribution in [-0.4, -0.2) is 37.5 Å². The number of para-hydroxylation sites is 1. The molecule has 2 rings (SSSR count). The van der Waals surface area contributed by atoms with Gasteiger partial charge in [0, 0.05) is 31.7 Å². The standard InChI is InChI=1S/C12H16F3N3O/c13-12(14,15)11(16)8-2-1-3-9(10(8)19)18-6-4-17-5-7-18/h1-3,11,17,19H,4-7,16H2/t11-/m0/s1. The monoisotopic (exact) mass is 275 g/mol. The van der Waals surface area contributed by atoms with Crippen LogP contribution in [0.3, 0.4) is 0 Å². The molecule has 19 heavy (non-hydrogen) atoms. The summed E-state index contributed by atoms with van der Waals surface area (Å²) in [5.74, 6) is -0.380. The van der Waals surface area contributed by atoms with Crippen molar-refractivity contribution in [3.63, 3.8) is 0 Å². The third-order valence-corrected chi connectivity index (χ3v) is 3.19. The molecular weight excluding hydrogens is 259 g/mol. The van der Waals surface area contributed by atoms with Crippen molar-refractivity contribution in [2.45, 2.75) is 12.2 Å². The van der Waals surface area contributed by atoms with Crippen LogP contribution in [0.5, 0.6) is 5.75 Å². The highest BCUT2D eigenvalue weighted by molar-refractivity contribution is 5.62. The fraction of sp³-hybridized carbons (Fsp3) is 0.500. The second-order valence-electron chi connectivity index (χ2n) is 4.47. The summed E-state index contributed by atoms with van der Waals surface area (Å²) in [7, 11) is 0. The summed E-state index contributed by atoms with van der Waals surface area (Å²) in [5.41, 5.74) is 5.27. The van der Waals surface area contributed by atoms with Crippen molar-refractivity contribution in [3.8, 4) is 5.75 Å². The number of phenolic OH excluding ortho intramolecular Hbond substituents is 1. The summed E-state index contributed by atoms with van der Waals surface area (Å²) in [5, 5.41) is 13.2. The number of hydrogen-bond acceptors (Lipinski definition) is 4. The Hall–Kier alpha value is -1.47. The number of piperazine rings is 1. The van der Waals surface area contributed by atoms with E-state index in [-0.39, 0.29) is 11.3 Å². The Bertz CT molecular complexity index is 444. The minimum absolute atomic E-state index is 0.288. The van der Waals surface area contributed by atoms with Crippen molar-refractivity contribution in [2.24, 2.45) is 5.73 Å². The number of rotatable bonds is 2. The molecule has 1 atom stereocenters. The SMILES string of the molecule is N[C@@H](c1cccc(N2CCNCC2)c1O)C(F)(F)F. The van der Waals surface area contributed by atoms with Crippen molar-refractivity contribution < 1.29 is 18.3 Å². The molecule has 1 aliphatic heterocycles. The van der Waals surface area contributed by atoms with E-state index in [1.165, 1.54) is 12.1 Å². The average molecular weight is 275 g/mol. The molecule has 0 spiro atoms. The van der Waals surface area contributed by atoms with E-state index >= 15 is 0 Å². The Kier molecular flexibility index (Phi) is 3.86. The zero-order valence-corrected chi connectivity index (χ0v) is 10.2. The van der Waals surface area contributed by atoms with Gasteiger partial charge in [0.2, 0.25) is 0 Å². The largest absolute Gasteiger partial charge is 0.505 e. The number of phenols is 1. The Balaban J connectivity index is 2.32. The summed E-state index contributed by atoms with van der Waals surface area (Å²) in [6.07, 6.45) is -4.57. The van der Waals surface area contributed by atoms with Gasteiger partial charge in [0.15, 0.2) is 0 Å². The topological polar surface area (TPSA) is 61.5 Å². The maximum atomic E-state index is 12.6. The fourth-order valence-electron chi connectivity index (χ4n) is 2.14.